The van der Waals surface area contributed by atoms with Gasteiger partial charge in [-0.15, -0.1) is 24.8 Å². The van der Waals surface area contributed by atoms with Crippen molar-refractivity contribution >= 4 is 30.7 Å². The number of nitrogens with two attached hydrogens (primary N) is 1. The molecule has 150 valence electrons. The zero-order valence-corrected chi connectivity index (χ0v) is 15.6. The SMILES string of the molecule is Cl.Cl.NC(CC(=O)N1CCN(CC(F)(F)C(F)F)CC1)c1ccccc1. The van der Waals surface area contributed by atoms with E-state index in [0.717, 1.165) is 5.56 Å². The van der Waals surface area contributed by atoms with Crippen LogP contribution in [0, 0.1) is 0 Å². The van der Waals surface area contributed by atoms with Crippen molar-refractivity contribution < 1.29 is 22.4 Å². The second-order valence-electron chi connectivity index (χ2n) is 5.94. The third-order valence-electron chi connectivity index (χ3n) is 4.10. The molecule has 0 radical (unpaired) electrons. The van der Waals surface area contributed by atoms with Gasteiger partial charge < -0.3 is 10.6 Å². The molecule has 10 heteroatoms. The van der Waals surface area contributed by atoms with Crippen molar-refractivity contribution in [3.63, 3.8) is 0 Å². The first-order valence-corrected chi connectivity index (χ1v) is 7.76. The lowest BCUT2D eigenvalue weighted by Gasteiger charge is -2.36. The highest BCUT2D eigenvalue weighted by Gasteiger charge is 2.42. The number of rotatable bonds is 6. The number of benzene rings is 1. The number of carbonyl (C=O) groups excluding carboxylic acids is 1. The molecular weight excluding hydrogens is 397 g/mol. The first-order valence-electron chi connectivity index (χ1n) is 7.76. The normalized spacial score (nSPS) is 16.6. The Morgan fingerprint density at radius 2 is 1.62 bits per heavy atom. The molecule has 26 heavy (non-hydrogen) atoms. The first kappa shape index (κ1) is 24.9. The summed E-state index contributed by atoms with van der Waals surface area (Å²) in [6, 6.07) is 8.76. The van der Waals surface area contributed by atoms with Crippen molar-refractivity contribution in [3.8, 4) is 0 Å². The van der Waals surface area contributed by atoms with Crippen molar-refractivity contribution in [2.45, 2.75) is 24.8 Å². The van der Waals surface area contributed by atoms with Crippen molar-refractivity contribution in [2.75, 3.05) is 32.7 Å². The number of piperazine rings is 1. The molecule has 1 fully saturated rings. The van der Waals surface area contributed by atoms with Crippen LogP contribution in [0.3, 0.4) is 0 Å². The predicted octanol–water partition coefficient (Wildman–Crippen LogP) is 2.96. The number of alkyl halides is 4. The minimum Gasteiger partial charge on any atom is -0.340 e. The number of hydrogen-bond acceptors (Lipinski definition) is 3. The Balaban J connectivity index is 0.00000312. The van der Waals surface area contributed by atoms with E-state index in [2.05, 4.69) is 0 Å². The molecule has 1 aliphatic heterocycles. The van der Waals surface area contributed by atoms with Gasteiger partial charge in [0.1, 0.15) is 0 Å². The minimum absolute atomic E-state index is 0. The van der Waals surface area contributed by atoms with Gasteiger partial charge in [0.2, 0.25) is 5.91 Å². The largest absolute Gasteiger partial charge is 0.340 e. The number of halogens is 6. The Labute approximate surface area is 162 Å². The summed E-state index contributed by atoms with van der Waals surface area (Å²) in [6.07, 6.45) is -3.56. The van der Waals surface area contributed by atoms with Crippen LogP contribution in [0.5, 0.6) is 0 Å². The third-order valence-corrected chi connectivity index (χ3v) is 4.10. The van der Waals surface area contributed by atoms with E-state index in [1.807, 2.05) is 30.3 Å². The zero-order chi connectivity index (χ0) is 17.7. The standard InChI is InChI=1S/C16H21F4N3O.2ClH/c17-15(18)16(19,20)11-22-6-8-23(9-7-22)14(24)10-13(21)12-4-2-1-3-5-12;;/h1-5,13,15H,6-11,21H2;2*1H. The van der Waals surface area contributed by atoms with Crippen LogP contribution in [0.2, 0.25) is 0 Å². The van der Waals surface area contributed by atoms with Crippen LogP contribution in [0.1, 0.15) is 18.0 Å². The van der Waals surface area contributed by atoms with Crippen LogP contribution < -0.4 is 5.73 Å². The van der Waals surface area contributed by atoms with Gasteiger partial charge in [-0.1, -0.05) is 30.3 Å². The van der Waals surface area contributed by atoms with Crippen LogP contribution >= 0.6 is 24.8 Å². The summed E-state index contributed by atoms with van der Waals surface area (Å²) in [6.45, 7) is -0.223. The molecule has 1 heterocycles. The molecule has 1 aromatic carbocycles. The van der Waals surface area contributed by atoms with Gasteiger partial charge in [-0.2, -0.15) is 8.78 Å². The van der Waals surface area contributed by atoms with Crippen molar-refractivity contribution in [1.82, 2.24) is 9.80 Å². The van der Waals surface area contributed by atoms with Crippen LogP contribution in [-0.4, -0.2) is 60.8 Å². The lowest BCUT2D eigenvalue weighted by molar-refractivity contribution is -0.148. The molecule has 0 bridgehead atoms. The van der Waals surface area contributed by atoms with Crippen LogP contribution in [0.25, 0.3) is 0 Å². The molecule has 0 spiro atoms. The van der Waals surface area contributed by atoms with Crippen LogP contribution in [-0.2, 0) is 4.79 Å². The Kier molecular flexibility index (Phi) is 10.5. The number of nitrogens with zero attached hydrogens (tertiary/aromatic N) is 2. The molecule has 1 atom stereocenters. The lowest BCUT2D eigenvalue weighted by Crippen LogP contribution is -2.53. The first-order chi connectivity index (χ1) is 11.3. The van der Waals surface area contributed by atoms with Crippen LogP contribution in [0.15, 0.2) is 30.3 Å². The van der Waals surface area contributed by atoms with Gasteiger partial charge in [0, 0.05) is 38.6 Å². The van der Waals surface area contributed by atoms with E-state index >= 15 is 0 Å². The average Bonchev–Trinajstić information content (AvgIpc) is 2.55. The average molecular weight is 420 g/mol. The Morgan fingerprint density at radius 1 is 1.08 bits per heavy atom. The number of amides is 1. The topological polar surface area (TPSA) is 49.6 Å². The summed E-state index contributed by atoms with van der Waals surface area (Å²) in [5.74, 6) is -4.19. The summed E-state index contributed by atoms with van der Waals surface area (Å²) >= 11 is 0. The molecule has 1 aliphatic rings. The number of hydrogen-bond donors (Lipinski definition) is 1. The summed E-state index contributed by atoms with van der Waals surface area (Å²) in [4.78, 5) is 15.0. The summed E-state index contributed by atoms with van der Waals surface area (Å²) in [7, 11) is 0. The molecule has 1 aromatic rings. The van der Waals surface area contributed by atoms with Gasteiger partial charge in [-0.3, -0.25) is 9.69 Å². The highest BCUT2D eigenvalue weighted by molar-refractivity contribution is 5.85. The Hall–Kier alpha value is -1.09. The third kappa shape index (κ3) is 6.90. The van der Waals surface area contributed by atoms with Gasteiger partial charge in [-0.05, 0) is 5.56 Å². The van der Waals surface area contributed by atoms with Gasteiger partial charge in [0.15, 0.2) is 0 Å². The maximum atomic E-state index is 13.1. The minimum atomic E-state index is -4.03. The van der Waals surface area contributed by atoms with Crippen molar-refractivity contribution in [2.24, 2.45) is 5.73 Å². The van der Waals surface area contributed by atoms with E-state index in [0.29, 0.717) is 0 Å². The molecule has 2 N–H and O–H groups in total. The molecular formula is C16H23Cl2F4N3O. The predicted molar refractivity (Wildman–Crippen MR) is 96.5 cm³/mol. The van der Waals surface area contributed by atoms with Crippen molar-refractivity contribution in [3.05, 3.63) is 35.9 Å². The molecule has 4 nitrogen and oxygen atoms in total. The quantitative estimate of drug-likeness (QED) is 0.721. The maximum Gasteiger partial charge on any atom is 0.319 e. The number of carbonyl (C=O) groups is 1. The van der Waals surface area contributed by atoms with E-state index < -0.39 is 24.9 Å². The van der Waals surface area contributed by atoms with Gasteiger partial charge in [0.25, 0.3) is 0 Å². The van der Waals surface area contributed by atoms with E-state index in [4.69, 9.17) is 5.73 Å². The lowest BCUT2D eigenvalue weighted by atomic mass is 10.0. The van der Waals surface area contributed by atoms with E-state index in [1.54, 1.807) is 4.90 Å². The second-order valence-corrected chi connectivity index (χ2v) is 5.94. The molecule has 2 rings (SSSR count). The smallest absolute Gasteiger partial charge is 0.319 e. The fraction of sp³-hybridized carbons (Fsp3) is 0.562. The summed E-state index contributed by atoms with van der Waals surface area (Å²) in [5.41, 5.74) is 6.85. The van der Waals surface area contributed by atoms with Crippen molar-refractivity contribution in [1.29, 1.82) is 0 Å². The molecule has 1 unspecified atom stereocenters. The van der Waals surface area contributed by atoms with E-state index in [1.165, 1.54) is 4.90 Å². The summed E-state index contributed by atoms with van der Waals surface area (Å²) < 4.78 is 50.6. The summed E-state index contributed by atoms with van der Waals surface area (Å²) in [5, 5.41) is 0. The van der Waals surface area contributed by atoms with E-state index in [9.17, 15) is 22.4 Å². The highest BCUT2D eigenvalue weighted by atomic mass is 35.5. The van der Waals surface area contributed by atoms with E-state index in [-0.39, 0.29) is 63.3 Å². The Morgan fingerprint density at radius 3 is 2.12 bits per heavy atom. The Bertz CT molecular complexity index is 544. The van der Waals surface area contributed by atoms with Crippen LogP contribution in [0.4, 0.5) is 17.6 Å². The monoisotopic (exact) mass is 419 g/mol. The highest BCUT2D eigenvalue weighted by Crippen LogP contribution is 2.24. The molecule has 0 aliphatic carbocycles. The zero-order valence-electron chi connectivity index (χ0n) is 14.0. The molecule has 1 saturated heterocycles. The fourth-order valence-electron chi connectivity index (χ4n) is 2.66. The fourth-order valence-corrected chi connectivity index (χ4v) is 2.66. The van der Waals surface area contributed by atoms with Gasteiger partial charge in [0.05, 0.1) is 6.54 Å². The second kappa shape index (κ2) is 10.9. The maximum absolute atomic E-state index is 13.1. The molecule has 1 amide bonds. The molecule has 0 aromatic heterocycles. The van der Waals surface area contributed by atoms with Gasteiger partial charge >= 0.3 is 12.3 Å². The van der Waals surface area contributed by atoms with Gasteiger partial charge in [-0.25, -0.2) is 8.78 Å². The molecule has 0 saturated carbocycles.